The molecule has 17 heavy (non-hydrogen) atoms. The van der Waals surface area contributed by atoms with Gasteiger partial charge in [0.1, 0.15) is 6.10 Å². The molecule has 1 atom stereocenters. The largest absolute Gasteiger partial charge is 0.368 e. The SMILES string of the molecule is Cc1cc(C(=O)NNC(=O)C2CCCO2)on1. The Morgan fingerprint density at radius 3 is 2.88 bits per heavy atom. The molecule has 7 heteroatoms. The van der Waals surface area contributed by atoms with Crippen LogP contribution < -0.4 is 10.9 Å². The predicted molar refractivity (Wildman–Crippen MR) is 55.8 cm³/mol. The van der Waals surface area contributed by atoms with E-state index in [1.54, 1.807) is 6.92 Å². The van der Waals surface area contributed by atoms with Crippen LogP contribution in [0.15, 0.2) is 10.6 Å². The highest BCUT2D eigenvalue weighted by Crippen LogP contribution is 2.11. The molecule has 0 spiro atoms. The van der Waals surface area contributed by atoms with Crippen molar-refractivity contribution >= 4 is 11.8 Å². The van der Waals surface area contributed by atoms with Crippen LogP contribution in [0, 0.1) is 6.92 Å². The molecule has 1 aromatic heterocycles. The Labute approximate surface area is 97.5 Å². The van der Waals surface area contributed by atoms with Crippen molar-refractivity contribution in [3.63, 3.8) is 0 Å². The Kier molecular flexibility index (Phi) is 3.38. The van der Waals surface area contributed by atoms with Gasteiger partial charge in [0.2, 0.25) is 5.76 Å². The molecule has 1 aliphatic rings. The van der Waals surface area contributed by atoms with Crippen molar-refractivity contribution in [2.24, 2.45) is 0 Å². The van der Waals surface area contributed by atoms with Crippen LogP contribution in [0.3, 0.4) is 0 Å². The van der Waals surface area contributed by atoms with Crippen LogP contribution in [0.1, 0.15) is 29.1 Å². The van der Waals surface area contributed by atoms with Crippen LogP contribution in [0.2, 0.25) is 0 Å². The highest BCUT2D eigenvalue weighted by molar-refractivity contribution is 5.93. The molecule has 1 aromatic rings. The molecule has 1 aliphatic heterocycles. The molecule has 1 saturated heterocycles. The van der Waals surface area contributed by atoms with Crippen molar-refractivity contribution in [2.75, 3.05) is 6.61 Å². The summed E-state index contributed by atoms with van der Waals surface area (Å²) in [7, 11) is 0. The number of nitrogens with one attached hydrogen (secondary N) is 2. The van der Waals surface area contributed by atoms with Crippen molar-refractivity contribution < 1.29 is 18.8 Å². The summed E-state index contributed by atoms with van der Waals surface area (Å²) < 4.78 is 9.90. The van der Waals surface area contributed by atoms with Crippen molar-refractivity contribution in [2.45, 2.75) is 25.9 Å². The average molecular weight is 239 g/mol. The van der Waals surface area contributed by atoms with E-state index in [0.717, 1.165) is 6.42 Å². The topological polar surface area (TPSA) is 93.5 Å². The lowest BCUT2D eigenvalue weighted by atomic mass is 10.2. The maximum atomic E-state index is 11.5. The van der Waals surface area contributed by atoms with Crippen molar-refractivity contribution in [1.29, 1.82) is 0 Å². The fourth-order valence-corrected chi connectivity index (χ4v) is 1.52. The summed E-state index contributed by atoms with van der Waals surface area (Å²) >= 11 is 0. The molecule has 7 nitrogen and oxygen atoms in total. The van der Waals surface area contributed by atoms with Crippen LogP contribution in [0.5, 0.6) is 0 Å². The van der Waals surface area contributed by atoms with Gasteiger partial charge < -0.3 is 9.26 Å². The Morgan fingerprint density at radius 2 is 2.29 bits per heavy atom. The number of carbonyl (C=O) groups excluding carboxylic acids is 2. The fourth-order valence-electron chi connectivity index (χ4n) is 1.52. The number of ether oxygens (including phenoxy) is 1. The lowest BCUT2D eigenvalue weighted by molar-refractivity contribution is -0.130. The second-order valence-electron chi connectivity index (χ2n) is 3.78. The van der Waals surface area contributed by atoms with E-state index >= 15 is 0 Å². The second-order valence-corrected chi connectivity index (χ2v) is 3.78. The third-order valence-corrected chi connectivity index (χ3v) is 2.37. The van der Waals surface area contributed by atoms with Gasteiger partial charge in [-0.15, -0.1) is 0 Å². The van der Waals surface area contributed by atoms with Crippen molar-refractivity contribution in [3.05, 3.63) is 17.5 Å². The van der Waals surface area contributed by atoms with Gasteiger partial charge in [-0.1, -0.05) is 5.16 Å². The lowest BCUT2D eigenvalue weighted by Crippen LogP contribution is -2.46. The first kappa shape index (κ1) is 11.6. The Balaban J connectivity index is 1.81. The first-order valence-electron chi connectivity index (χ1n) is 5.32. The van der Waals surface area contributed by atoms with Gasteiger partial charge in [0.05, 0.1) is 5.69 Å². The molecule has 0 bridgehead atoms. The number of aryl methyl sites for hydroxylation is 1. The maximum Gasteiger partial charge on any atom is 0.308 e. The van der Waals surface area contributed by atoms with E-state index in [2.05, 4.69) is 16.0 Å². The van der Waals surface area contributed by atoms with E-state index in [4.69, 9.17) is 9.26 Å². The first-order valence-corrected chi connectivity index (χ1v) is 5.32. The summed E-state index contributed by atoms with van der Waals surface area (Å²) in [5.74, 6) is -0.848. The molecule has 0 aliphatic carbocycles. The summed E-state index contributed by atoms with van der Waals surface area (Å²) in [4.78, 5) is 23.0. The molecule has 1 fully saturated rings. The molecule has 2 amide bonds. The Bertz CT molecular complexity index is 423. The van der Waals surface area contributed by atoms with Crippen LogP contribution in [0.4, 0.5) is 0 Å². The number of hydrazine groups is 1. The standard InChI is InChI=1S/C10H13N3O4/c1-6-5-8(17-13-6)10(15)12-11-9(14)7-3-2-4-16-7/h5,7H,2-4H2,1H3,(H,11,14)(H,12,15). The Hall–Kier alpha value is -1.89. The molecule has 2 rings (SSSR count). The fraction of sp³-hybridized carbons (Fsp3) is 0.500. The molecule has 92 valence electrons. The normalized spacial score (nSPS) is 19.0. The number of carbonyl (C=O) groups is 2. The van der Waals surface area contributed by atoms with Crippen LogP contribution in [-0.4, -0.2) is 29.7 Å². The molecule has 0 aromatic carbocycles. The van der Waals surface area contributed by atoms with E-state index in [1.165, 1.54) is 6.07 Å². The minimum Gasteiger partial charge on any atom is -0.368 e. The van der Waals surface area contributed by atoms with Gasteiger partial charge >= 0.3 is 5.91 Å². The highest BCUT2D eigenvalue weighted by Gasteiger charge is 2.24. The molecule has 2 N–H and O–H groups in total. The van der Waals surface area contributed by atoms with Gasteiger partial charge in [-0.25, -0.2) is 0 Å². The number of nitrogens with zero attached hydrogens (tertiary/aromatic N) is 1. The van der Waals surface area contributed by atoms with E-state index in [1.807, 2.05) is 0 Å². The van der Waals surface area contributed by atoms with E-state index in [-0.39, 0.29) is 11.7 Å². The molecule has 0 saturated carbocycles. The van der Waals surface area contributed by atoms with E-state index in [0.29, 0.717) is 18.7 Å². The summed E-state index contributed by atoms with van der Waals surface area (Å²) in [6.45, 7) is 2.28. The first-order chi connectivity index (χ1) is 8.16. The number of hydrogen-bond donors (Lipinski definition) is 2. The molecular weight excluding hydrogens is 226 g/mol. The average Bonchev–Trinajstić information content (AvgIpc) is 2.95. The molecule has 0 radical (unpaired) electrons. The minimum absolute atomic E-state index is 0.0511. The van der Waals surface area contributed by atoms with Gasteiger partial charge in [0.15, 0.2) is 0 Å². The van der Waals surface area contributed by atoms with Crippen LogP contribution in [-0.2, 0) is 9.53 Å². The van der Waals surface area contributed by atoms with Crippen molar-refractivity contribution in [1.82, 2.24) is 16.0 Å². The predicted octanol–water partition coefficient (Wildman–Crippen LogP) is -0.0770. The zero-order valence-corrected chi connectivity index (χ0v) is 9.36. The molecular formula is C10H13N3O4. The third kappa shape index (κ3) is 2.82. The van der Waals surface area contributed by atoms with Gasteiger partial charge in [-0.3, -0.25) is 20.4 Å². The number of hydrogen-bond acceptors (Lipinski definition) is 5. The van der Waals surface area contributed by atoms with Crippen LogP contribution >= 0.6 is 0 Å². The highest BCUT2D eigenvalue weighted by atomic mass is 16.5. The summed E-state index contributed by atoms with van der Waals surface area (Å²) in [6, 6.07) is 1.48. The van der Waals surface area contributed by atoms with Crippen LogP contribution in [0.25, 0.3) is 0 Å². The number of aromatic nitrogens is 1. The summed E-state index contributed by atoms with van der Waals surface area (Å²) in [5.41, 5.74) is 5.12. The Morgan fingerprint density at radius 1 is 1.47 bits per heavy atom. The van der Waals surface area contributed by atoms with Gasteiger partial charge in [-0.2, -0.15) is 0 Å². The minimum atomic E-state index is -0.544. The smallest absolute Gasteiger partial charge is 0.308 e. The number of amides is 2. The molecule has 2 heterocycles. The molecule has 1 unspecified atom stereocenters. The lowest BCUT2D eigenvalue weighted by Gasteiger charge is -2.10. The van der Waals surface area contributed by atoms with Crippen molar-refractivity contribution in [3.8, 4) is 0 Å². The third-order valence-electron chi connectivity index (χ3n) is 2.37. The van der Waals surface area contributed by atoms with Gasteiger partial charge in [0.25, 0.3) is 5.91 Å². The summed E-state index contributed by atoms with van der Waals surface area (Å²) in [5, 5.41) is 3.57. The quantitative estimate of drug-likeness (QED) is 0.704. The monoisotopic (exact) mass is 239 g/mol. The second kappa shape index (κ2) is 4.96. The zero-order valence-electron chi connectivity index (χ0n) is 9.36. The van der Waals surface area contributed by atoms with E-state index < -0.39 is 12.0 Å². The number of rotatable bonds is 2. The zero-order chi connectivity index (χ0) is 12.3. The van der Waals surface area contributed by atoms with Gasteiger partial charge in [0, 0.05) is 12.7 Å². The summed E-state index contributed by atoms with van der Waals surface area (Å²) in [6.07, 6.45) is 1.04. The maximum absolute atomic E-state index is 11.5. The van der Waals surface area contributed by atoms with Gasteiger partial charge in [-0.05, 0) is 19.8 Å². The van der Waals surface area contributed by atoms with E-state index in [9.17, 15) is 9.59 Å².